The van der Waals surface area contributed by atoms with E-state index < -0.39 is 0 Å². The van der Waals surface area contributed by atoms with Crippen LogP contribution in [0.4, 0.5) is 17.1 Å². The molecule has 32 heavy (non-hydrogen) atoms. The van der Waals surface area contributed by atoms with Crippen molar-refractivity contribution in [3.8, 4) is 5.75 Å². The van der Waals surface area contributed by atoms with Crippen LogP contribution in [0.3, 0.4) is 0 Å². The SMILES string of the molecule is COc1cc2c(cc1N)CCN2c1ccc(C=C(c2ccccc2)c2ccccc2)cc1. The Balaban J connectivity index is 1.48. The van der Waals surface area contributed by atoms with Gasteiger partial charge in [0.2, 0.25) is 0 Å². The van der Waals surface area contributed by atoms with E-state index in [1.807, 2.05) is 12.1 Å². The van der Waals surface area contributed by atoms with E-state index >= 15 is 0 Å². The molecule has 0 fully saturated rings. The molecule has 0 aliphatic carbocycles. The second kappa shape index (κ2) is 8.64. The Morgan fingerprint density at radius 2 is 1.47 bits per heavy atom. The van der Waals surface area contributed by atoms with Crippen molar-refractivity contribution in [3.05, 3.63) is 119 Å². The van der Waals surface area contributed by atoms with E-state index in [9.17, 15) is 0 Å². The number of ether oxygens (including phenoxy) is 1. The second-order valence-electron chi connectivity index (χ2n) is 8.01. The Hall–Kier alpha value is -3.98. The van der Waals surface area contributed by atoms with Crippen molar-refractivity contribution < 1.29 is 4.74 Å². The van der Waals surface area contributed by atoms with E-state index in [0.717, 1.165) is 18.7 Å². The van der Waals surface area contributed by atoms with Crippen LogP contribution in [-0.2, 0) is 6.42 Å². The summed E-state index contributed by atoms with van der Waals surface area (Å²) in [5.74, 6) is 0.727. The van der Waals surface area contributed by atoms with Crippen LogP contribution >= 0.6 is 0 Å². The summed E-state index contributed by atoms with van der Waals surface area (Å²) in [6.45, 7) is 0.941. The van der Waals surface area contributed by atoms with Gasteiger partial charge in [0.15, 0.2) is 0 Å². The van der Waals surface area contributed by atoms with Crippen molar-refractivity contribution in [2.45, 2.75) is 6.42 Å². The molecule has 158 valence electrons. The zero-order valence-corrected chi connectivity index (χ0v) is 18.2. The minimum Gasteiger partial charge on any atom is -0.495 e. The summed E-state index contributed by atoms with van der Waals surface area (Å²) in [5, 5.41) is 0. The maximum Gasteiger partial charge on any atom is 0.143 e. The fourth-order valence-electron chi connectivity index (χ4n) is 4.37. The lowest BCUT2D eigenvalue weighted by molar-refractivity contribution is 0.417. The molecule has 0 radical (unpaired) electrons. The van der Waals surface area contributed by atoms with E-state index in [0.29, 0.717) is 5.69 Å². The molecule has 0 amide bonds. The molecule has 5 rings (SSSR count). The molecule has 0 aromatic heterocycles. The summed E-state index contributed by atoms with van der Waals surface area (Å²) in [6, 6.07) is 33.9. The van der Waals surface area contributed by atoms with E-state index in [-0.39, 0.29) is 0 Å². The zero-order valence-electron chi connectivity index (χ0n) is 18.2. The fraction of sp³-hybridized carbons (Fsp3) is 0.103. The van der Waals surface area contributed by atoms with Crippen molar-refractivity contribution in [3.63, 3.8) is 0 Å². The lowest BCUT2D eigenvalue weighted by atomic mass is 9.96. The number of benzene rings is 4. The quantitative estimate of drug-likeness (QED) is 0.295. The number of rotatable bonds is 5. The first-order valence-electron chi connectivity index (χ1n) is 10.9. The van der Waals surface area contributed by atoms with Crippen molar-refractivity contribution in [2.24, 2.45) is 0 Å². The lowest BCUT2D eigenvalue weighted by Crippen LogP contribution is -2.13. The summed E-state index contributed by atoms with van der Waals surface area (Å²) in [5.41, 5.74) is 15.2. The number of nitrogens with two attached hydrogens (primary N) is 1. The monoisotopic (exact) mass is 418 g/mol. The van der Waals surface area contributed by atoms with Crippen LogP contribution in [0.5, 0.6) is 5.75 Å². The van der Waals surface area contributed by atoms with Gasteiger partial charge in [0, 0.05) is 24.0 Å². The van der Waals surface area contributed by atoms with Crippen LogP contribution in [-0.4, -0.2) is 13.7 Å². The van der Waals surface area contributed by atoms with Crippen molar-refractivity contribution in [1.82, 2.24) is 0 Å². The molecule has 0 saturated heterocycles. The Bertz CT molecular complexity index is 1200. The van der Waals surface area contributed by atoms with Crippen LogP contribution in [0, 0.1) is 0 Å². The summed E-state index contributed by atoms with van der Waals surface area (Å²) < 4.78 is 5.44. The predicted octanol–water partition coefficient (Wildman–Crippen LogP) is 6.56. The summed E-state index contributed by atoms with van der Waals surface area (Å²) in [4.78, 5) is 2.33. The minimum atomic E-state index is 0.697. The molecule has 0 bridgehead atoms. The first-order chi connectivity index (χ1) is 15.7. The van der Waals surface area contributed by atoms with E-state index in [2.05, 4.69) is 95.9 Å². The largest absolute Gasteiger partial charge is 0.495 e. The van der Waals surface area contributed by atoms with Crippen molar-refractivity contribution in [2.75, 3.05) is 24.3 Å². The van der Waals surface area contributed by atoms with E-state index in [4.69, 9.17) is 10.5 Å². The smallest absolute Gasteiger partial charge is 0.143 e. The van der Waals surface area contributed by atoms with Crippen LogP contribution in [0.1, 0.15) is 22.3 Å². The molecule has 4 aromatic rings. The predicted molar refractivity (Wildman–Crippen MR) is 134 cm³/mol. The third-order valence-corrected chi connectivity index (χ3v) is 6.01. The molecule has 1 aliphatic rings. The molecule has 0 spiro atoms. The van der Waals surface area contributed by atoms with Gasteiger partial charge >= 0.3 is 0 Å². The number of hydrogen-bond donors (Lipinski definition) is 1. The summed E-state index contributed by atoms with van der Waals surface area (Å²) >= 11 is 0. The lowest BCUT2D eigenvalue weighted by Gasteiger charge is -2.21. The number of hydrogen-bond acceptors (Lipinski definition) is 3. The average Bonchev–Trinajstić information content (AvgIpc) is 3.26. The van der Waals surface area contributed by atoms with Gasteiger partial charge in [-0.3, -0.25) is 0 Å². The van der Waals surface area contributed by atoms with Crippen LogP contribution in [0.15, 0.2) is 97.1 Å². The third-order valence-electron chi connectivity index (χ3n) is 6.01. The molecule has 3 heteroatoms. The maximum absolute atomic E-state index is 6.10. The molecule has 0 saturated carbocycles. The summed E-state index contributed by atoms with van der Waals surface area (Å²) in [6.07, 6.45) is 3.24. The minimum absolute atomic E-state index is 0.697. The highest BCUT2D eigenvalue weighted by atomic mass is 16.5. The molecule has 0 atom stereocenters. The highest BCUT2D eigenvalue weighted by molar-refractivity contribution is 5.91. The maximum atomic E-state index is 6.10. The Morgan fingerprint density at radius 3 is 2.06 bits per heavy atom. The van der Waals surface area contributed by atoms with E-state index in [1.165, 1.54) is 39.2 Å². The number of methoxy groups -OCH3 is 1. The molecule has 1 aliphatic heterocycles. The third kappa shape index (κ3) is 3.85. The normalized spacial score (nSPS) is 12.3. The van der Waals surface area contributed by atoms with Gasteiger partial charge in [-0.1, -0.05) is 72.8 Å². The molecule has 3 nitrogen and oxygen atoms in total. The topological polar surface area (TPSA) is 38.5 Å². The fourth-order valence-corrected chi connectivity index (χ4v) is 4.37. The first kappa shape index (κ1) is 20.0. The molecule has 0 unspecified atom stereocenters. The highest BCUT2D eigenvalue weighted by Crippen LogP contribution is 2.40. The number of anilines is 3. The van der Waals surface area contributed by atoms with Crippen molar-refractivity contribution in [1.29, 1.82) is 0 Å². The molecule has 1 heterocycles. The average molecular weight is 419 g/mol. The first-order valence-corrected chi connectivity index (χ1v) is 10.9. The summed E-state index contributed by atoms with van der Waals surface area (Å²) in [7, 11) is 1.66. The van der Waals surface area contributed by atoms with E-state index in [1.54, 1.807) is 7.11 Å². The van der Waals surface area contributed by atoms with Crippen LogP contribution in [0.25, 0.3) is 11.6 Å². The molecular formula is C29H26N2O. The highest BCUT2D eigenvalue weighted by Gasteiger charge is 2.22. The van der Waals surface area contributed by atoms with Gasteiger partial charge in [-0.25, -0.2) is 0 Å². The molecule has 4 aromatic carbocycles. The van der Waals surface area contributed by atoms with Gasteiger partial charge in [-0.2, -0.15) is 0 Å². The Kier molecular flexibility index (Phi) is 5.39. The molecule has 2 N–H and O–H groups in total. The number of fused-ring (bicyclic) bond motifs is 1. The van der Waals surface area contributed by atoms with Gasteiger partial charge in [-0.05, 0) is 58.5 Å². The molecular weight excluding hydrogens is 392 g/mol. The van der Waals surface area contributed by atoms with Crippen LogP contribution in [0.2, 0.25) is 0 Å². The van der Waals surface area contributed by atoms with Gasteiger partial charge in [0.1, 0.15) is 5.75 Å². The number of nitrogen functional groups attached to an aromatic ring is 1. The zero-order chi connectivity index (χ0) is 21.9. The standard InChI is InChI=1S/C29H26N2O/c1-32-29-20-28-24(19-27(29)30)16-17-31(28)25-14-12-21(13-15-25)18-26(22-8-4-2-5-9-22)23-10-6-3-7-11-23/h2-15,18-20H,16-17,30H2,1H3. The van der Waals surface area contributed by atoms with Gasteiger partial charge in [0.05, 0.1) is 12.8 Å². The van der Waals surface area contributed by atoms with Crippen molar-refractivity contribution >= 4 is 28.7 Å². The number of nitrogens with zero attached hydrogens (tertiary/aromatic N) is 1. The second-order valence-corrected chi connectivity index (χ2v) is 8.01. The van der Waals surface area contributed by atoms with Gasteiger partial charge < -0.3 is 15.4 Å². The van der Waals surface area contributed by atoms with Gasteiger partial charge in [-0.15, -0.1) is 0 Å². The van der Waals surface area contributed by atoms with Crippen LogP contribution < -0.4 is 15.4 Å². The Morgan fingerprint density at radius 1 is 0.844 bits per heavy atom. The Labute approximate surface area is 189 Å². The van der Waals surface area contributed by atoms with Gasteiger partial charge in [0.25, 0.3) is 0 Å².